The van der Waals surface area contributed by atoms with Crippen molar-refractivity contribution in [2.45, 2.75) is 13.5 Å². The fourth-order valence-corrected chi connectivity index (χ4v) is 0.860. The first kappa shape index (κ1) is 9.77. The van der Waals surface area contributed by atoms with Crippen molar-refractivity contribution in [1.82, 2.24) is 0 Å². The second-order valence-electron chi connectivity index (χ2n) is 2.63. The number of rotatable bonds is 2. The molecule has 0 atom stereocenters. The van der Waals surface area contributed by atoms with Crippen LogP contribution in [0.5, 0.6) is 0 Å². The van der Waals surface area contributed by atoms with Crippen molar-refractivity contribution < 1.29 is 13.9 Å². The minimum absolute atomic E-state index is 0.0541. The summed E-state index contributed by atoms with van der Waals surface area (Å²) in [6, 6.07) is 4.24. The molecule has 1 aromatic rings. The Bertz CT molecular complexity index is 325. The number of esters is 1. The SMILES string of the molecule is [B]c1ccc(COC(C)=O)c(F)c1. The quantitative estimate of drug-likeness (QED) is 0.491. The van der Waals surface area contributed by atoms with Crippen molar-refractivity contribution in [3.05, 3.63) is 29.6 Å². The topological polar surface area (TPSA) is 26.3 Å². The zero-order chi connectivity index (χ0) is 9.84. The summed E-state index contributed by atoms with van der Waals surface area (Å²) in [6.45, 7) is 1.22. The van der Waals surface area contributed by atoms with Crippen LogP contribution in [0.25, 0.3) is 0 Å². The first-order chi connectivity index (χ1) is 6.09. The van der Waals surface area contributed by atoms with Crippen LogP contribution in [0.15, 0.2) is 18.2 Å². The van der Waals surface area contributed by atoms with E-state index in [1.807, 2.05) is 0 Å². The molecule has 66 valence electrons. The maximum Gasteiger partial charge on any atom is 0.302 e. The monoisotopic (exact) mass is 178 g/mol. The number of hydrogen-bond donors (Lipinski definition) is 0. The largest absolute Gasteiger partial charge is 0.461 e. The molecule has 0 N–H and O–H groups in total. The van der Waals surface area contributed by atoms with Gasteiger partial charge in [0.05, 0.1) is 0 Å². The molecule has 0 fully saturated rings. The van der Waals surface area contributed by atoms with Crippen LogP contribution >= 0.6 is 0 Å². The molecule has 1 rings (SSSR count). The fraction of sp³-hybridized carbons (Fsp3) is 0.222. The molecule has 0 aliphatic heterocycles. The minimum Gasteiger partial charge on any atom is -0.461 e. The van der Waals surface area contributed by atoms with E-state index in [-0.39, 0.29) is 6.61 Å². The third-order valence-electron chi connectivity index (χ3n) is 1.51. The summed E-state index contributed by atoms with van der Waals surface area (Å²) in [5.74, 6) is -0.891. The van der Waals surface area contributed by atoms with Crippen molar-refractivity contribution in [3.63, 3.8) is 0 Å². The maximum absolute atomic E-state index is 13.0. The molecule has 0 aromatic heterocycles. The predicted octanol–water partition coefficient (Wildman–Crippen LogP) is 0.683. The molecule has 0 aliphatic rings. The highest BCUT2D eigenvalue weighted by Gasteiger charge is 2.02. The first-order valence-corrected chi connectivity index (χ1v) is 3.77. The molecule has 2 radical (unpaired) electrons. The van der Waals surface area contributed by atoms with Crippen LogP contribution in [0.1, 0.15) is 12.5 Å². The van der Waals surface area contributed by atoms with Gasteiger partial charge in [-0.25, -0.2) is 4.39 Å². The van der Waals surface area contributed by atoms with E-state index < -0.39 is 11.8 Å². The van der Waals surface area contributed by atoms with E-state index >= 15 is 0 Å². The van der Waals surface area contributed by atoms with Crippen molar-refractivity contribution in [2.75, 3.05) is 0 Å². The Morgan fingerprint density at radius 1 is 1.62 bits per heavy atom. The fourth-order valence-electron chi connectivity index (χ4n) is 0.860. The number of ether oxygens (including phenoxy) is 1. The van der Waals surface area contributed by atoms with Gasteiger partial charge in [-0.3, -0.25) is 4.79 Å². The normalized spacial score (nSPS) is 9.69. The number of benzene rings is 1. The molecule has 1 aromatic carbocycles. The van der Waals surface area contributed by atoms with Gasteiger partial charge < -0.3 is 4.74 Å². The molecular formula is C9H8BFO2. The smallest absolute Gasteiger partial charge is 0.302 e. The first-order valence-electron chi connectivity index (χ1n) is 3.77. The van der Waals surface area contributed by atoms with Gasteiger partial charge in [-0.2, -0.15) is 0 Å². The molecular weight excluding hydrogens is 170 g/mol. The van der Waals surface area contributed by atoms with Gasteiger partial charge in [0, 0.05) is 12.5 Å². The molecule has 0 unspecified atom stereocenters. The Kier molecular flexibility index (Phi) is 3.06. The molecule has 0 spiro atoms. The number of hydrogen-bond acceptors (Lipinski definition) is 2. The summed E-state index contributed by atoms with van der Waals surface area (Å²) >= 11 is 0. The summed E-state index contributed by atoms with van der Waals surface area (Å²) in [5, 5.41) is 0. The second-order valence-corrected chi connectivity index (χ2v) is 2.63. The van der Waals surface area contributed by atoms with Crippen LogP contribution in [0.3, 0.4) is 0 Å². The van der Waals surface area contributed by atoms with E-state index in [0.29, 0.717) is 11.0 Å². The molecule has 0 saturated carbocycles. The highest BCUT2D eigenvalue weighted by atomic mass is 19.1. The third kappa shape index (κ3) is 2.90. The van der Waals surface area contributed by atoms with E-state index in [9.17, 15) is 9.18 Å². The van der Waals surface area contributed by atoms with Crippen LogP contribution in [-0.4, -0.2) is 13.8 Å². The molecule has 2 nitrogen and oxygen atoms in total. The number of carbonyl (C=O) groups is 1. The van der Waals surface area contributed by atoms with E-state index in [4.69, 9.17) is 7.85 Å². The Morgan fingerprint density at radius 3 is 2.85 bits per heavy atom. The second kappa shape index (κ2) is 4.07. The van der Waals surface area contributed by atoms with E-state index in [2.05, 4.69) is 4.74 Å². The minimum atomic E-state index is -0.457. The zero-order valence-corrected chi connectivity index (χ0v) is 7.21. The Morgan fingerprint density at radius 2 is 2.31 bits per heavy atom. The summed E-state index contributed by atoms with van der Waals surface area (Å²) in [7, 11) is 5.34. The summed E-state index contributed by atoms with van der Waals surface area (Å²) in [6.07, 6.45) is 0. The molecule has 0 aliphatic carbocycles. The van der Waals surface area contributed by atoms with Crippen molar-refractivity contribution in [3.8, 4) is 0 Å². The molecule has 4 heteroatoms. The number of carbonyl (C=O) groups excluding carboxylic acids is 1. The summed E-state index contributed by atoms with van der Waals surface area (Å²) in [5.41, 5.74) is 0.675. The van der Waals surface area contributed by atoms with E-state index in [1.54, 1.807) is 6.07 Å². The lowest BCUT2D eigenvalue weighted by Gasteiger charge is -2.03. The molecule has 0 bridgehead atoms. The number of halogens is 1. The van der Waals surface area contributed by atoms with Gasteiger partial charge in [-0.15, -0.1) is 0 Å². The van der Waals surface area contributed by atoms with Gasteiger partial charge in [0.15, 0.2) is 0 Å². The van der Waals surface area contributed by atoms with Crippen LogP contribution in [0.2, 0.25) is 0 Å². The summed E-state index contributed by atoms with van der Waals surface area (Å²) < 4.78 is 17.7. The molecule has 0 amide bonds. The van der Waals surface area contributed by atoms with Crippen molar-refractivity contribution >= 4 is 19.3 Å². The molecule has 0 saturated heterocycles. The zero-order valence-electron chi connectivity index (χ0n) is 7.21. The van der Waals surface area contributed by atoms with E-state index in [0.717, 1.165) is 0 Å². The Hall–Kier alpha value is -1.32. The van der Waals surface area contributed by atoms with Crippen molar-refractivity contribution in [2.24, 2.45) is 0 Å². The van der Waals surface area contributed by atoms with Crippen LogP contribution in [0.4, 0.5) is 4.39 Å². The highest BCUT2D eigenvalue weighted by Crippen LogP contribution is 2.06. The van der Waals surface area contributed by atoms with Gasteiger partial charge in [0.1, 0.15) is 20.3 Å². The Labute approximate surface area is 77.1 Å². The van der Waals surface area contributed by atoms with Crippen molar-refractivity contribution in [1.29, 1.82) is 0 Å². The predicted molar refractivity (Wildman–Crippen MR) is 47.3 cm³/mol. The lowest BCUT2D eigenvalue weighted by atomic mass is 9.95. The lowest BCUT2D eigenvalue weighted by molar-refractivity contribution is -0.142. The third-order valence-corrected chi connectivity index (χ3v) is 1.51. The van der Waals surface area contributed by atoms with Gasteiger partial charge in [-0.1, -0.05) is 17.6 Å². The molecule has 13 heavy (non-hydrogen) atoms. The van der Waals surface area contributed by atoms with Crippen LogP contribution in [-0.2, 0) is 16.1 Å². The average molecular weight is 178 g/mol. The Balaban J connectivity index is 2.72. The maximum atomic E-state index is 13.0. The molecule has 0 heterocycles. The van der Waals surface area contributed by atoms with Gasteiger partial charge >= 0.3 is 5.97 Å². The van der Waals surface area contributed by atoms with Crippen LogP contribution in [0, 0.1) is 5.82 Å². The van der Waals surface area contributed by atoms with Crippen LogP contribution < -0.4 is 5.46 Å². The van der Waals surface area contributed by atoms with Gasteiger partial charge in [0.25, 0.3) is 0 Å². The summed E-state index contributed by atoms with van der Waals surface area (Å²) in [4.78, 5) is 10.4. The standard InChI is InChI=1S/C9H8BFO2/c1-6(12)13-5-7-2-3-8(10)4-9(7)11/h2-4H,5H2,1H3. The lowest BCUT2D eigenvalue weighted by Crippen LogP contribution is -2.06. The highest BCUT2D eigenvalue weighted by molar-refractivity contribution is 6.32. The van der Waals surface area contributed by atoms with Gasteiger partial charge in [-0.05, 0) is 6.07 Å². The van der Waals surface area contributed by atoms with E-state index in [1.165, 1.54) is 19.1 Å². The average Bonchev–Trinajstić information content (AvgIpc) is 2.02. The van der Waals surface area contributed by atoms with Gasteiger partial charge in [0.2, 0.25) is 0 Å².